The van der Waals surface area contributed by atoms with Crippen LogP contribution in [0.4, 0.5) is 0 Å². The Hall–Kier alpha value is -1.51. The molecule has 0 aromatic heterocycles. The Morgan fingerprint density at radius 2 is 1.94 bits per heavy atom. The maximum absolute atomic E-state index is 10.7. The van der Waals surface area contributed by atoms with Gasteiger partial charge in [-0.05, 0) is 36.5 Å². The van der Waals surface area contributed by atoms with Crippen molar-refractivity contribution in [2.45, 2.75) is 39.0 Å². The van der Waals surface area contributed by atoms with Crippen molar-refractivity contribution < 1.29 is 14.6 Å². The van der Waals surface area contributed by atoms with Crippen LogP contribution in [0, 0.1) is 0 Å². The van der Waals surface area contributed by atoms with Gasteiger partial charge in [-0.15, -0.1) is 0 Å². The zero-order chi connectivity index (χ0) is 12.7. The van der Waals surface area contributed by atoms with Gasteiger partial charge >= 0.3 is 5.97 Å². The summed E-state index contributed by atoms with van der Waals surface area (Å²) in [6, 6.07) is 7.75. The zero-order valence-corrected chi connectivity index (χ0v) is 10.5. The number of ether oxygens (including phenoxy) is 1. The number of carbonyl (C=O) groups is 1. The predicted molar refractivity (Wildman–Crippen MR) is 67.5 cm³/mol. The number of benzene rings is 1. The van der Waals surface area contributed by atoms with Crippen molar-refractivity contribution >= 4 is 5.97 Å². The van der Waals surface area contributed by atoms with E-state index in [-0.39, 0.29) is 12.3 Å². The van der Waals surface area contributed by atoms with E-state index in [1.54, 1.807) is 0 Å². The molecule has 0 fully saturated rings. The molecule has 1 aromatic rings. The van der Waals surface area contributed by atoms with Crippen LogP contribution in [0.15, 0.2) is 24.3 Å². The summed E-state index contributed by atoms with van der Waals surface area (Å²) in [6.45, 7) is 4.79. The largest absolute Gasteiger partial charge is 0.494 e. The first kappa shape index (κ1) is 13.6. The van der Waals surface area contributed by atoms with E-state index in [1.165, 1.54) is 0 Å². The van der Waals surface area contributed by atoms with Gasteiger partial charge in [-0.1, -0.05) is 26.0 Å². The number of carboxylic acid groups (broad SMARTS) is 1. The average Bonchev–Trinajstić information content (AvgIpc) is 2.34. The molecule has 1 N–H and O–H groups in total. The number of rotatable bonds is 7. The second-order valence-corrected chi connectivity index (χ2v) is 4.12. The number of hydrogen-bond acceptors (Lipinski definition) is 2. The van der Waals surface area contributed by atoms with Gasteiger partial charge < -0.3 is 9.84 Å². The van der Waals surface area contributed by atoms with E-state index in [4.69, 9.17) is 9.84 Å². The minimum absolute atomic E-state index is 0.0905. The molecular formula is C14H20O3. The molecule has 17 heavy (non-hydrogen) atoms. The van der Waals surface area contributed by atoms with Crippen LogP contribution in [-0.4, -0.2) is 17.7 Å². The molecule has 3 heteroatoms. The molecule has 0 heterocycles. The molecule has 1 unspecified atom stereocenters. The Kier molecular flexibility index (Phi) is 5.53. The van der Waals surface area contributed by atoms with Gasteiger partial charge in [0.1, 0.15) is 5.75 Å². The summed E-state index contributed by atoms with van der Waals surface area (Å²) in [5.74, 6) is 0.191. The molecule has 3 nitrogen and oxygen atoms in total. The van der Waals surface area contributed by atoms with E-state index in [9.17, 15) is 4.79 Å². The lowest BCUT2D eigenvalue weighted by Gasteiger charge is -2.13. The summed E-state index contributed by atoms with van der Waals surface area (Å²) in [6.07, 6.45) is 2.01. The molecule has 0 amide bonds. The quantitative estimate of drug-likeness (QED) is 0.788. The summed E-state index contributed by atoms with van der Waals surface area (Å²) < 4.78 is 5.49. The zero-order valence-electron chi connectivity index (χ0n) is 10.5. The van der Waals surface area contributed by atoms with Gasteiger partial charge in [0.15, 0.2) is 0 Å². The lowest BCUT2D eigenvalue weighted by atomic mass is 9.93. The van der Waals surface area contributed by atoms with Crippen molar-refractivity contribution in [3.63, 3.8) is 0 Å². The molecule has 0 radical (unpaired) electrons. The Morgan fingerprint density at radius 3 is 2.41 bits per heavy atom. The van der Waals surface area contributed by atoms with E-state index in [2.05, 4.69) is 6.92 Å². The molecule has 1 aromatic carbocycles. The summed E-state index contributed by atoms with van der Waals surface area (Å²) >= 11 is 0. The number of carboxylic acids is 1. The molecule has 0 aliphatic carbocycles. The van der Waals surface area contributed by atoms with Crippen molar-refractivity contribution in [3.05, 3.63) is 29.8 Å². The Balaban J connectivity index is 2.67. The van der Waals surface area contributed by atoms with Crippen LogP contribution in [-0.2, 0) is 4.79 Å². The smallest absolute Gasteiger partial charge is 0.303 e. The average molecular weight is 236 g/mol. The number of aliphatic carboxylic acids is 1. The predicted octanol–water partition coefficient (Wildman–Crippen LogP) is 3.44. The second-order valence-electron chi connectivity index (χ2n) is 4.12. The van der Waals surface area contributed by atoms with Gasteiger partial charge in [-0.2, -0.15) is 0 Å². The monoisotopic (exact) mass is 236 g/mol. The summed E-state index contributed by atoms with van der Waals surface area (Å²) in [5, 5.41) is 8.82. The highest BCUT2D eigenvalue weighted by molar-refractivity contribution is 5.68. The summed E-state index contributed by atoms with van der Waals surface area (Å²) in [4.78, 5) is 10.7. The first-order valence-corrected chi connectivity index (χ1v) is 6.11. The standard InChI is InChI=1S/C14H20O3/c1-3-9-17-13-7-5-12(6-8-13)11(4-2)10-14(15)16/h5-8,11H,3-4,9-10H2,1-2H3,(H,15,16). The number of hydrogen-bond donors (Lipinski definition) is 1. The topological polar surface area (TPSA) is 46.5 Å². The lowest BCUT2D eigenvalue weighted by molar-refractivity contribution is -0.137. The SMILES string of the molecule is CCCOc1ccc(C(CC)CC(=O)O)cc1. The highest BCUT2D eigenvalue weighted by Gasteiger charge is 2.13. The molecule has 94 valence electrons. The van der Waals surface area contributed by atoms with E-state index < -0.39 is 5.97 Å². The van der Waals surface area contributed by atoms with Crippen LogP contribution in [0.3, 0.4) is 0 Å². The molecular weight excluding hydrogens is 216 g/mol. The first-order valence-electron chi connectivity index (χ1n) is 6.11. The third-order valence-electron chi connectivity index (χ3n) is 2.74. The molecule has 0 spiro atoms. The Morgan fingerprint density at radius 1 is 1.29 bits per heavy atom. The third-order valence-corrected chi connectivity index (χ3v) is 2.74. The van der Waals surface area contributed by atoms with Crippen LogP contribution in [0.2, 0.25) is 0 Å². The van der Waals surface area contributed by atoms with Crippen LogP contribution >= 0.6 is 0 Å². The van der Waals surface area contributed by atoms with Crippen LogP contribution in [0.25, 0.3) is 0 Å². The van der Waals surface area contributed by atoms with Gasteiger partial charge in [0.25, 0.3) is 0 Å². The van der Waals surface area contributed by atoms with E-state index in [0.717, 1.165) is 24.2 Å². The molecule has 1 rings (SSSR count). The van der Waals surface area contributed by atoms with E-state index in [1.807, 2.05) is 31.2 Å². The summed E-state index contributed by atoms with van der Waals surface area (Å²) in [7, 11) is 0. The van der Waals surface area contributed by atoms with Crippen LogP contribution in [0.5, 0.6) is 5.75 Å². The van der Waals surface area contributed by atoms with Crippen molar-refractivity contribution in [3.8, 4) is 5.75 Å². The van der Waals surface area contributed by atoms with Gasteiger partial charge in [-0.25, -0.2) is 0 Å². The van der Waals surface area contributed by atoms with Crippen LogP contribution < -0.4 is 4.74 Å². The minimum atomic E-state index is -0.747. The van der Waals surface area contributed by atoms with E-state index >= 15 is 0 Å². The molecule has 0 aliphatic rings. The van der Waals surface area contributed by atoms with Crippen molar-refractivity contribution in [2.24, 2.45) is 0 Å². The van der Waals surface area contributed by atoms with Gasteiger partial charge in [-0.3, -0.25) is 4.79 Å². The summed E-state index contributed by atoms with van der Waals surface area (Å²) in [5.41, 5.74) is 1.07. The highest BCUT2D eigenvalue weighted by atomic mass is 16.5. The van der Waals surface area contributed by atoms with Gasteiger partial charge in [0, 0.05) is 0 Å². The minimum Gasteiger partial charge on any atom is -0.494 e. The molecule has 0 saturated carbocycles. The third kappa shape index (κ3) is 4.47. The fourth-order valence-electron chi connectivity index (χ4n) is 1.76. The van der Waals surface area contributed by atoms with E-state index in [0.29, 0.717) is 6.61 Å². The van der Waals surface area contributed by atoms with Crippen LogP contribution in [0.1, 0.15) is 44.6 Å². The highest BCUT2D eigenvalue weighted by Crippen LogP contribution is 2.25. The first-order chi connectivity index (χ1) is 8.17. The lowest BCUT2D eigenvalue weighted by Crippen LogP contribution is -2.05. The maximum atomic E-state index is 10.7. The normalized spacial score (nSPS) is 12.1. The molecule has 0 saturated heterocycles. The van der Waals surface area contributed by atoms with Gasteiger partial charge in [0.05, 0.1) is 13.0 Å². The van der Waals surface area contributed by atoms with Crippen molar-refractivity contribution in [1.29, 1.82) is 0 Å². The van der Waals surface area contributed by atoms with Gasteiger partial charge in [0.2, 0.25) is 0 Å². The fourth-order valence-corrected chi connectivity index (χ4v) is 1.76. The van der Waals surface area contributed by atoms with Crippen molar-refractivity contribution in [1.82, 2.24) is 0 Å². The maximum Gasteiger partial charge on any atom is 0.303 e. The molecule has 1 atom stereocenters. The molecule has 0 bridgehead atoms. The Labute approximate surface area is 102 Å². The van der Waals surface area contributed by atoms with Crippen molar-refractivity contribution in [2.75, 3.05) is 6.61 Å². The fraction of sp³-hybridized carbons (Fsp3) is 0.500. The molecule has 0 aliphatic heterocycles. The second kappa shape index (κ2) is 6.94. The Bertz CT molecular complexity index is 343.